The van der Waals surface area contributed by atoms with Gasteiger partial charge in [-0.15, -0.1) is 0 Å². The number of fused-ring (bicyclic) bond motifs is 18. The third-order valence-corrected chi connectivity index (χ3v) is 15.8. The lowest BCUT2D eigenvalue weighted by Gasteiger charge is -2.32. The summed E-state index contributed by atoms with van der Waals surface area (Å²) in [7, 11) is 4.40. The molecule has 0 saturated carbocycles. The Kier molecular flexibility index (Phi) is 7.32. The van der Waals surface area contributed by atoms with E-state index < -0.39 is 5.41 Å². The van der Waals surface area contributed by atoms with Crippen molar-refractivity contribution in [2.45, 2.75) is 5.41 Å². The normalized spacial score (nSPS) is 13.3. The van der Waals surface area contributed by atoms with Gasteiger partial charge in [-0.25, -0.2) is 0 Å². The maximum Gasteiger partial charge on any atom is 0.0731 e. The zero-order valence-electron chi connectivity index (χ0n) is 37.2. The average molecular weight is 851 g/mol. The van der Waals surface area contributed by atoms with Gasteiger partial charge >= 0.3 is 0 Å². The summed E-state index contributed by atoms with van der Waals surface area (Å²) in [4.78, 5) is 0. The van der Waals surface area contributed by atoms with E-state index in [1.165, 1.54) is 143 Å². The first kappa shape index (κ1) is 36.8. The molecule has 11 aromatic carbocycles. The van der Waals surface area contributed by atoms with Crippen molar-refractivity contribution < 1.29 is 0 Å². The lowest BCUT2D eigenvalue weighted by atomic mass is 9.68. The van der Waals surface area contributed by atoms with Crippen LogP contribution < -0.4 is 0 Å². The van der Waals surface area contributed by atoms with Gasteiger partial charge in [-0.1, -0.05) is 188 Å². The molecule has 0 unspecified atom stereocenters. The molecule has 0 fully saturated rings. The fraction of sp³-hybridized carbons (Fsp3) is 0.0462. The highest BCUT2D eigenvalue weighted by Gasteiger charge is 2.52. The minimum atomic E-state index is -0.511. The highest BCUT2D eigenvalue weighted by molar-refractivity contribution is 6.25. The minimum Gasteiger partial charge on any atom is -0.344 e. The second-order valence-corrected chi connectivity index (χ2v) is 18.7. The molecule has 0 aliphatic heterocycles. The van der Waals surface area contributed by atoms with Crippen molar-refractivity contribution in [3.8, 4) is 55.6 Å². The smallest absolute Gasteiger partial charge is 0.0731 e. The molecule has 0 atom stereocenters. The molecule has 0 radical (unpaired) electrons. The zero-order chi connectivity index (χ0) is 44.1. The third kappa shape index (κ3) is 4.59. The molecule has 15 rings (SSSR count). The number of benzene rings is 11. The number of para-hydroxylation sites is 2. The topological polar surface area (TPSA) is 9.86 Å². The van der Waals surface area contributed by atoms with Crippen molar-refractivity contribution in [2.75, 3.05) is 0 Å². The van der Waals surface area contributed by atoms with Gasteiger partial charge in [0.2, 0.25) is 0 Å². The van der Waals surface area contributed by atoms with Gasteiger partial charge in [0.15, 0.2) is 0 Å². The molecule has 2 aromatic heterocycles. The van der Waals surface area contributed by atoms with E-state index in [0.717, 1.165) is 0 Å². The highest BCUT2D eigenvalue weighted by Crippen LogP contribution is 2.65. The molecule has 0 saturated heterocycles. The van der Waals surface area contributed by atoms with Gasteiger partial charge in [0, 0.05) is 57.7 Å². The van der Waals surface area contributed by atoms with Crippen LogP contribution >= 0.6 is 0 Å². The van der Waals surface area contributed by atoms with E-state index in [1.807, 2.05) is 0 Å². The van der Waals surface area contributed by atoms with E-state index in [4.69, 9.17) is 0 Å². The Morgan fingerprint density at radius 2 is 0.612 bits per heavy atom. The van der Waals surface area contributed by atoms with Crippen LogP contribution in [0.4, 0.5) is 0 Å². The Bertz CT molecular complexity index is 4070. The molecule has 2 heterocycles. The van der Waals surface area contributed by atoms with Crippen molar-refractivity contribution in [1.82, 2.24) is 9.13 Å². The maximum absolute atomic E-state index is 2.53. The molecule has 0 N–H and O–H groups in total. The second-order valence-electron chi connectivity index (χ2n) is 18.7. The quantitative estimate of drug-likeness (QED) is 0.157. The summed E-state index contributed by atoms with van der Waals surface area (Å²) in [5.41, 5.74) is 22.6. The largest absolute Gasteiger partial charge is 0.344 e. The van der Waals surface area contributed by atoms with Crippen LogP contribution in [0.25, 0.3) is 121 Å². The first-order valence-electron chi connectivity index (χ1n) is 23.5. The van der Waals surface area contributed by atoms with E-state index in [9.17, 15) is 0 Å². The van der Waals surface area contributed by atoms with Crippen molar-refractivity contribution in [2.24, 2.45) is 14.1 Å². The lowest BCUT2D eigenvalue weighted by molar-refractivity contribution is 0.796. The van der Waals surface area contributed by atoms with E-state index in [0.29, 0.717) is 0 Å². The molecule has 2 heteroatoms. The van der Waals surface area contributed by atoms with Crippen LogP contribution in [0.3, 0.4) is 0 Å². The predicted octanol–water partition coefficient (Wildman–Crippen LogP) is 16.6. The molecule has 2 aliphatic rings. The minimum absolute atomic E-state index is 0.511. The fourth-order valence-corrected chi connectivity index (χ4v) is 13.2. The summed E-state index contributed by atoms with van der Waals surface area (Å²) < 4.78 is 4.70. The SMILES string of the molecule is Cn1c2ccccc2c2c(-c3cccc4c(-c5cccc6c5C5(c7ccccc7-c7ccccc75)c5ccccc5-6)c5cccc(-c6cccc7c6c6ccccc6n7C)c5cc34)cccc21. The molecular formula is C65H42N2. The predicted molar refractivity (Wildman–Crippen MR) is 282 cm³/mol. The molecular weight excluding hydrogens is 809 g/mol. The van der Waals surface area contributed by atoms with Gasteiger partial charge in [-0.3, -0.25) is 0 Å². The molecule has 0 amide bonds. The Balaban J connectivity index is 1.13. The number of hydrogen-bond acceptors (Lipinski definition) is 0. The molecule has 2 aliphatic carbocycles. The van der Waals surface area contributed by atoms with E-state index in [2.05, 4.69) is 242 Å². The molecule has 13 aromatic rings. The van der Waals surface area contributed by atoms with Crippen LogP contribution in [0.15, 0.2) is 218 Å². The van der Waals surface area contributed by atoms with Gasteiger partial charge in [0.1, 0.15) is 0 Å². The van der Waals surface area contributed by atoms with Gasteiger partial charge in [-0.2, -0.15) is 0 Å². The Morgan fingerprint density at radius 1 is 0.269 bits per heavy atom. The Hall–Kier alpha value is -8.46. The summed E-state index contributed by atoms with van der Waals surface area (Å²) in [6.45, 7) is 0. The van der Waals surface area contributed by atoms with Crippen molar-refractivity contribution in [1.29, 1.82) is 0 Å². The number of aryl methyl sites for hydroxylation is 2. The van der Waals surface area contributed by atoms with Crippen LogP contribution in [-0.2, 0) is 19.5 Å². The van der Waals surface area contributed by atoms with E-state index in [-0.39, 0.29) is 0 Å². The fourth-order valence-electron chi connectivity index (χ4n) is 13.2. The summed E-state index contributed by atoms with van der Waals surface area (Å²) in [5, 5.41) is 10.1. The lowest BCUT2D eigenvalue weighted by Crippen LogP contribution is -2.26. The van der Waals surface area contributed by atoms with Crippen LogP contribution in [0.5, 0.6) is 0 Å². The first-order valence-corrected chi connectivity index (χ1v) is 23.5. The van der Waals surface area contributed by atoms with Crippen molar-refractivity contribution >= 4 is 65.2 Å². The van der Waals surface area contributed by atoms with Gasteiger partial charge in [-0.05, 0) is 130 Å². The number of hydrogen-bond donors (Lipinski definition) is 0. The van der Waals surface area contributed by atoms with Crippen LogP contribution in [0, 0.1) is 0 Å². The van der Waals surface area contributed by atoms with Gasteiger partial charge in [0.25, 0.3) is 0 Å². The highest BCUT2D eigenvalue weighted by atomic mass is 14.9. The summed E-state index contributed by atoms with van der Waals surface area (Å²) in [5.74, 6) is 0. The molecule has 1 spiro atoms. The first-order chi connectivity index (χ1) is 33.1. The zero-order valence-corrected chi connectivity index (χ0v) is 37.2. The van der Waals surface area contributed by atoms with Crippen LogP contribution in [-0.4, -0.2) is 9.13 Å². The van der Waals surface area contributed by atoms with Crippen molar-refractivity contribution in [3.63, 3.8) is 0 Å². The van der Waals surface area contributed by atoms with Crippen LogP contribution in [0.1, 0.15) is 22.3 Å². The standard InChI is InChI=1S/C65H42N2/c1-66-57-34-11-6-21-49(57)62-44(27-16-36-59(62)66)39-23-13-25-46-52(39)38-53-40(45-28-17-37-60-63(45)50-22-7-12-35-58(50)67(60)2)24-14-26-47(53)61(46)51-30-15-29-48-43-20-5-10-33-56(43)65(64(48)51)54-31-8-3-18-41(54)42-19-4-9-32-55(42)65/h3-38H,1-2H3. The Labute approximate surface area is 388 Å². The summed E-state index contributed by atoms with van der Waals surface area (Å²) in [6.07, 6.45) is 0. The Morgan fingerprint density at radius 3 is 1.13 bits per heavy atom. The average Bonchev–Trinajstić information content (AvgIpc) is 4.07. The molecule has 312 valence electrons. The monoisotopic (exact) mass is 850 g/mol. The van der Waals surface area contributed by atoms with Gasteiger partial charge < -0.3 is 9.13 Å². The summed E-state index contributed by atoms with van der Waals surface area (Å²) in [6, 6.07) is 82.7. The summed E-state index contributed by atoms with van der Waals surface area (Å²) >= 11 is 0. The molecule has 67 heavy (non-hydrogen) atoms. The van der Waals surface area contributed by atoms with E-state index in [1.54, 1.807) is 0 Å². The number of rotatable bonds is 3. The second kappa shape index (κ2) is 13.3. The van der Waals surface area contributed by atoms with E-state index >= 15 is 0 Å². The molecule has 0 bridgehead atoms. The third-order valence-electron chi connectivity index (χ3n) is 15.8. The van der Waals surface area contributed by atoms with Crippen molar-refractivity contribution in [3.05, 3.63) is 241 Å². The van der Waals surface area contributed by atoms with Crippen LogP contribution in [0.2, 0.25) is 0 Å². The number of nitrogens with zero attached hydrogens (tertiary/aromatic N) is 2. The van der Waals surface area contributed by atoms with Gasteiger partial charge in [0.05, 0.1) is 5.41 Å². The number of aromatic nitrogens is 2. The maximum atomic E-state index is 2.53. The molecule has 2 nitrogen and oxygen atoms in total.